The first-order chi connectivity index (χ1) is 10.5. The summed E-state index contributed by atoms with van der Waals surface area (Å²) in [6, 6.07) is 3.52. The van der Waals surface area contributed by atoms with Gasteiger partial charge in [0.25, 0.3) is 0 Å². The molecule has 0 saturated carbocycles. The van der Waals surface area contributed by atoms with Crippen LogP contribution in [0.1, 0.15) is 31.2 Å². The molecule has 0 saturated heterocycles. The second-order valence-electron chi connectivity index (χ2n) is 4.74. The van der Waals surface area contributed by atoms with Crippen LogP contribution in [0.3, 0.4) is 0 Å². The molecule has 0 fully saturated rings. The molecule has 0 amide bonds. The van der Waals surface area contributed by atoms with Crippen molar-refractivity contribution in [3.63, 3.8) is 0 Å². The van der Waals surface area contributed by atoms with Crippen molar-refractivity contribution in [3.05, 3.63) is 23.5 Å². The van der Waals surface area contributed by atoms with Crippen LogP contribution in [0.25, 0.3) is 0 Å². The first-order valence-electron chi connectivity index (χ1n) is 6.56. The van der Waals surface area contributed by atoms with E-state index >= 15 is 0 Å². The standard InChI is InChI=1S/C8H11NO.C6H8O7/c1-3-7-4-5-8(10)6(2)9-7;7-3(8)1-6(13,5(11)12)2-4(9)10/h4-5,10H,3H2,1-2H3;13H,1-2H2,(H,7,8)(H,9,10)(H,11,12). The Morgan fingerprint density at radius 3 is 1.87 bits per heavy atom. The zero-order chi connectivity index (χ0) is 18.2. The Hall–Kier alpha value is -2.68. The van der Waals surface area contributed by atoms with Crippen LogP contribution >= 0.6 is 0 Å². The summed E-state index contributed by atoms with van der Waals surface area (Å²) < 4.78 is 0. The summed E-state index contributed by atoms with van der Waals surface area (Å²) in [7, 11) is 0. The topological polar surface area (TPSA) is 165 Å². The van der Waals surface area contributed by atoms with Crippen LogP contribution in [0, 0.1) is 6.92 Å². The molecule has 0 aliphatic rings. The zero-order valence-corrected chi connectivity index (χ0v) is 12.7. The maximum atomic E-state index is 10.3. The van der Waals surface area contributed by atoms with Crippen LogP contribution < -0.4 is 0 Å². The average Bonchev–Trinajstić information content (AvgIpc) is 2.40. The van der Waals surface area contributed by atoms with E-state index in [4.69, 9.17) is 25.5 Å². The van der Waals surface area contributed by atoms with Crippen LogP contribution in [0.2, 0.25) is 0 Å². The molecule has 128 valence electrons. The molecule has 0 spiro atoms. The summed E-state index contributed by atoms with van der Waals surface area (Å²) in [5.74, 6) is -4.74. The highest BCUT2D eigenvalue weighted by Gasteiger charge is 2.40. The second-order valence-corrected chi connectivity index (χ2v) is 4.74. The number of carboxylic acids is 3. The molecule has 0 atom stereocenters. The van der Waals surface area contributed by atoms with Crippen LogP contribution in [-0.4, -0.2) is 54.0 Å². The summed E-state index contributed by atoms with van der Waals surface area (Å²) in [5.41, 5.74) is -1.01. The molecule has 5 N–H and O–H groups in total. The highest BCUT2D eigenvalue weighted by Crippen LogP contribution is 2.15. The minimum Gasteiger partial charge on any atom is -0.506 e. The van der Waals surface area contributed by atoms with Crippen molar-refractivity contribution >= 4 is 17.9 Å². The Bertz CT molecular complexity index is 568. The summed E-state index contributed by atoms with van der Waals surface area (Å²) in [5, 5.41) is 42.9. The molecule has 1 aromatic heterocycles. The van der Waals surface area contributed by atoms with Crippen LogP contribution in [-0.2, 0) is 20.8 Å². The normalized spacial score (nSPS) is 10.4. The summed E-state index contributed by atoms with van der Waals surface area (Å²) >= 11 is 0. The average molecular weight is 329 g/mol. The number of aliphatic hydroxyl groups is 1. The molecule has 1 heterocycles. The molecule has 1 aromatic rings. The van der Waals surface area contributed by atoms with Crippen molar-refractivity contribution in [2.75, 3.05) is 0 Å². The third-order valence-corrected chi connectivity index (χ3v) is 2.76. The zero-order valence-electron chi connectivity index (χ0n) is 12.7. The van der Waals surface area contributed by atoms with Gasteiger partial charge in [0, 0.05) is 5.69 Å². The van der Waals surface area contributed by atoms with Gasteiger partial charge in [-0.1, -0.05) is 6.92 Å². The molecule has 0 radical (unpaired) electrons. The fourth-order valence-corrected chi connectivity index (χ4v) is 1.52. The number of aromatic nitrogens is 1. The first kappa shape index (κ1) is 20.3. The number of carboxylic acid groups (broad SMARTS) is 3. The Balaban J connectivity index is 0.000000433. The molecule has 0 aliphatic heterocycles. The van der Waals surface area contributed by atoms with Gasteiger partial charge in [-0.25, -0.2) is 4.79 Å². The largest absolute Gasteiger partial charge is 0.506 e. The van der Waals surface area contributed by atoms with E-state index < -0.39 is 36.4 Å². The van der Waals surface area contributed by atoms with Crippen molar-refractivity contribution in [3.8, 4) is 5.75 Å². The molecule has 0 bridgehead atoms. The number of hydrogen-bond acceptors (Lipinski definition) is 6. The van der Waals surface area contributed by atoms with E-state index in [9.17, 15) is 14.4 Å². The number of nitrogens with zero attached hydrogens (tertiary/aromatic N) is 1. The molecule has 23 heavy (non-hydrogen) atoms. The van der Waals surface area contributed by atoms with Gasteiger partial charge < -0.3 is 25.5 Å². The summed E-state index contributed by atoms with van der Waals surface area (Å²) in [6.07, 6.45) is -1.37. The Morgan fingerprint density at radius 1 is 1.09 bits per heavy atom. The number of aliphatic carboxylic acids is 3. The van der Waals surface area contributed by atoms with Crippen molar-refractivity contribution in [1.82, 2.24) is 4.98 Å². The predicted molar refractivity (Wildman–Crippen MR) is 77.1 cm³/mol. The van der Waals surface area contributed by atoms with E-state index in [1.807, 2.05) is 13.0 Å². The van der Waals surface area contributed by atoms with E-state index in [-0.39, 0.29) is 5.75 Å². The van der Waals surface area contributed by atoms with Crippen LogP contribution in [0.15, 0.2) is 12.1 Å². The lowest BCUT2D eigenvalue weighted by Crippen LogP contribution is -2.42. The van der Waals surface area contributed by atoms with E-state index in [0.29, 0.717) is 5.69 Å². The Kier molecular flexibility index (Phi) is 7.68. The van der Waals surface area contributed by atoms with E-state index in [1.165, 1.54) is 0 Å². The Morgan fingerprint density at radius 2 is 1.57 bits per heavy atom. The molecule has 9 heteroatoms. The molecule has 0 unspecified atom stereocenters. The lowest BCUT2D eigenvalue weighted by atomic mass is 9.96. The fourth-order valence-electron chi connectivity index (χ4n) is 1.52. The lowest BCUT2D eigenvalue weighted by Gasteiger charge is -2.18. The van der Waals surface area contributed by atoms with Crippen molar-refractivity contribution in [2.24, 2.45) is 0 Å². The van der Waals surface area contributed by atoms with Crippen molar-refractivity contribution in [2.45, 2.75) is 38.7 Å². The molecule has 1 rings (SSSR count). The van der Waals surface area contributed by atoms with Crippen LogP contribution in [0.5, 0.6) is 5.75 Å². The summed E-state index contributed by atoms with van der Waals surface area (Å²) in [6.45, 7) is 3.84. The van der Waals surface area contributed by atoms with Gasteiger partial charge in [-0.15, -0.1) is 0 Å². The number of pyridine rings is 1. The second kappa shape index (κ2) is 8.69. The quantitative estimate of drug-likeness (QED) is 0.496. The van der Waals surface area contributed by atoms with E-state index in [0.717, 1.165) is 12.1 Å². The monoisotopic (exact) mass is 329 g/mol. The number of rotatable bonds is 6. The van der Waals surface area contributed by atoms with Crippen LogP contribution in [0.4, 0.5) is 0 Å². The van der Waals surface area contributed by atoms with Gasteiger partial charge in [0.1, 0.15) is 5.75 Å². The highest BCUT2D eigenvalue weighted by atomic mass is 16.4. The molecular formula is C14H19NO8. The molecule has 0 aromatic carbocycles. The third kappa shape index (κ3) is 7.23. The third-order valence-electron chi connectivity index (χ3n) is 2.76. The minimum atomic E-state index is -2.74. The molecule has 9 nitrogen and oxygen atoms in total. The van der Waals surface area contributed by atoms with E-state index in [2.05, 4.69) is 4.98 Å². The predicted octanol–water partition coefficient (Wildman–Crippen LogP) is 0.410. The first-order valence-corrected chi connectivity index (χ1v) is 6.56. The minimum absolute atomic E-state index is 0.275. The fraction of sp³-hybridized carbons (Fsp3) is 0.429. The molecular weight excluding hydrogens is 310 g/mol. The van der Waals surface area contributed by atoms with Gasteiger partial charge in [0.15, 0.2) is 5.60 Å². The SMILES string of the molecule is CCc1ccc(O)c(C)n1.O=C(O)CC(O)(CC(=O)O)C(=O)O. The lowest BCUT2D eigenvalue weighted by molar-refractivity contribution is -0.170. The maximum absolute atomic E-state index is 10.3. The Labute approximate surface area is 131 Å². The van der Waals surface area contributed by atoms with E-state index in [1.54, 1.807) is 13.0 Å². The van der Waals surface area contributed by atoms with Gasteiger partial charge in [-0.3, -0.25) is 14.6 Å². The van der Waals surface area contributed by atoms with Crippen molar-refractivity contribution in [1.29, 1.82) is 0 Å². The van der Waals surface area contributed by atoms with Gasteiger partial charge in [-0.2, -0.15) is 0 Å². The van der Waals surface area contributed by atoms with Gasteiger partial charge in [-0.05, 0) is 25.5 Å². The number of hydrogen-bond donors (Lipinski definition) is 5. The number of aromatic hydroxyl groups is 1. The number of carbonyl (C=O) groups is 3. The number of aryl methyl sites for hydroxylation is 2. The summed E-state index contributed by atoms with van der Waals surface area (Å²) in [4.78, 5) is 34.6. The van der Waals surface area contributed by atoms with Gasteiger partial charge >= 0.3 is 17.9 Å². The van der Waals surface area contributed by atoms with Gasteiger partial charge in [0.2, 0.25) is 0 Å². The maximum Gasteiger partial charge on any atom is 0.336 e. The van der Waals surface area contributed by atoms with Crippen molar-refractivity contribution < 1.29 is 39.9 Å². The highest BCUT2D eigenvalue weighted by molar-refractivity contribution is 5.88. The van der Waals surface area contributed by atoms with Gasteiger partial charge in [0.05, 0.1) is 18.5 Å². The molecule has 0 aliphatic carbocycles. The smallest absolute Gasteiger partial charge is 0.336 e.